The van der Waals surface area contributed by atoms with E-state index in [1.165, 1.54) is 27.1 Å². The molecular weight excluding hydrogens is 588 g/mol. The molecule has 0 N–H and O–H groups in total. The maximum Gasteiger partial charge on any atom is 0.159 e. The van der Waals surface area contributed by atoms with Gasteiger partial charge in [0, 0.05) is 43.7 Å². The number of hydrogen-bond donors (Lipinski definition) is 0. The van der Waals surface area contributed by atoms with Crippen molar-refractivity contribution in [2.75, 3.05) is 4.90 Å². The third kappa shape index (κ3) is 3.43. The van der Waals surface area contributed by atoms with Gasteiger partial charge >= 0.3 is 0 Å². The average Bonchev–Trinajstić information content (AvgIpc) is 3.82. The van der Waals surface area contributed by atoms with E-state index in [0.29, 0.717) is 0 Å². The standard InChI is InChI=1S/C44H26N2O2/c1-2-12-29(13-3-1)45-35-18-8-11-27-23-24-28-25-30(26-38(45)42(28)41(27)35)46(36-19-9-16-33-31-14-4-6-21-39(31)47-43(33)36)37-20-10-17-34-32-15-5-7-22-40(32)48-44(34)37/h1-26H. The molecule has 0 fully saturated rings. The van der Waals surface area contributed by atoms with Crippen molar-refractivity contribution < 1.29 is 8.83 Å². The lowest BCUT2D eigenvalue weighted by molar-refractivity contribution is 0.666. The van der Waals surface area contributed by atoms with Crippen molar-refractivity contribution in [3.63, 3.8) is 0 Å². The highest BCUT2D eigenvalue weighted by Gasteiger charge is 2.25. The Morgan fingerprint density at radius 1 is 0.417 bits per heavy atom. The Morgan fingerprint density at radius 3 is 1.67 bits per heavy atom. The summed E-state index contributed by atoms with van der Waals surface area (Å²) in [5, 5.41) is 9.32. The van der Waals surface area contributed by atoms with Crippen LogP contribution in [0.4, 0.5) is 17.1 Å². The monoisotopic (exact) mass is 614 g/mol. The van der Waals surface area contributed by atoms with E-state index in [2.05, 4.69) is 143 Å². The molecule has 48 heavy (non-hydrogen) atoms. The summed E-state index contributed by atoms with van der Waals surface area (Å²) in [5.41, 5.74) is 9.80. The highest BCUT2D eigenvalue weighted by Crippen LogP contribution is 2.48. The van der Waals surface area contributed by atoms with Crippen LogP contribution in [0, 0.1) is 0 Å². The van der Waals surface area contributed by atoms with Crippen LogP contribution in [0.5, 0.6) is 0 Å². The summed E-state index contributed by atoms with van der Waals surface area (Å²) in [5.74, 6) is 0. The van der Waals surface area contributed by atoms with Gasteiger partial charge in [-0.2, -0.15) is 0 Å². The van der Waals surface area contributed by atoms with E-state index in [-0.39, 0.29) is 0 Å². The molecule has 11 aromatic rings. The van der Waals surface area contributed by atoms with Crippen molar-refractivity contribution in [3.8, 4) is 5.69 Å². The second-order valence-corrected chi connectivity index (χ2v) is 12.5. The Morgan fingerprint density at radius 2 is 0.979 bits per heavy atom. The van der Waals surface area contributed by atoms with Gasteiger partial charge in [-0.15, -0.1) is 0 Å². The normalized spacial score (nSPS) is 12.2. The first kappa shape index (κ1) is 25.6. The van der Waals surface area contributed by atoms with Crippen molar-refractivity contribution in [3.05, 3.63) is 158 Å². The zero-order chi connectivity index (χ0) is 31.3. The molecule has 0 aliphatic rings. The van der Waals surface area contributed by atoms with Gasteiger partial charge < -0.3 is 18.3 Å². The van der Waals surface area contributed by atoms with Gasteiger partial charge in [0.05, 0.1) is 22.4 Å². The molecule has 0 aliphatic heterocycles. The van der Waals surface area contributed by atoms with E-state index >= 15 is 0 Å². The lowest BCUT2D eigenvalue weighted by Gasteiger charge is -2.26. The summed E-state index contributed by atoms with van der Waals surface area (Å²) in [6.07, 6.45) is 0. The topological polar surface area (TPSA) is 34.5 Å². The Balaban J connectivity index is 1.29. The smallest absolute Gasteiger partial charge is 0.159 e. The first-order chi connectivity index (χ1) is 23.8. The van der Waals surface area contributed by atoms with Crippen molar-refractivity contribution in [1.82, 2.24) is 4.57 Å². The lowest BCUT2D eigenvalue weighted by atomic mass is 10.0. The van der Waals surface area contributed by atoms with Gasteiger partial charge in [0.15, 0.2) is 11.2 Å². The predicted octanol–water partition coefficient (Wildman–Crippen LogP) is 12.6. The van der Waals surface area contributed by atoms with Crippen LogP contribution in [-0.4, -0.2) is 4.57 Å². The SMILES string of the molecule is c1ccc(-n2c3cccc4ccc5cc(N(c6cccc7c6oc6ccccc67)c6cccc7c6oc6ccccc67)cc2c5c43)cc1. The molecule has 3 heterocycles. The summed E-state index contributed by atoms with van der Waals surface area (Å²) < 4.78 is 15.8. The number of fused-ring (bicyclic) bond motifs is 6. The van der Waals surface area contributed by atoms with Crippen molar-refractivity contribution in [2.24, 2.45) is 0 Å². The Labute approximate surface area is 274 Å². The molecule has 4 heteroatoms. The average molecular weight is 615 g/mol. The zero-order valence-electron chi connectivity index (χ0n) is 25.7. The Bertz CT molecular complexity index is 2900. The third-order valence-corrected chi connectivity index (χ3v) is 9.90. The third-order valence-electron chi connectivity index (χ3n) is 9.90. The van der Waals surface area contributed by atoms with Gasteiger partial charge in [0.1, 0.15) is 11.2 Å². The van der Waals surface area contributed by atoms with Gasteiger partial charge in [-0.05, 0) is 65.4 Å². The van der Waals surface area contributed by atoms with Crippen LogP contribution in [-0.2, 0) is 0 Å². The number of furan rings is 2. The molecular formula is C44H26N2O2. The van der Waals surface area contributed by atoms with Crippen LogP contribution in [0.1, 0.15) is 0 Å². The van der Waals surface area contributed by atoms with Crippen molar-refractivity contribution in [1.29, 1.82) is 0 Å². The predicted molar refractivity (Wildman–Crippen MR) is 199 cm³/mol. The first-order valence-electron chi connectivity index (χ1n) is 16.3. The fraction of sp³-hybridized carbons (Fsp3) is 0. The van der Waals surface area contributed by atoms with E-state index in [1.54, 1.807) is 0 Å². The van der Waals surface area contributed by atoms with Gasteiger partial charge in [-0.1, -0.05) is 103 Å². The molecule has 0 bridgehead atoms. The van der Waals surface area contributed by atoms with E-state index in [9.17, 15) is 0 Å². The minimum atomic E-state index is 0.835. The molecule has 0 saturated carbocycles. The Hall–Kier alpha value is -6.52. The number of aromatic nitrogens is 1. The molecule has 0 atom stereocenters. The summed E-state index contributed by atoms with van der Waals surface area (Å²) in [4.78, 5) is 2.32. The minimum absolute atomic E-state index is 0.835. The number of para-hydroxylation sites is 5. The molecule has 0 unspecified atom stereocenters. The van der Waals surface area contributed by atoms with Gasteiger partial charge in [-0.3, -0.25) is 0 Å². The molecule has 0 radical (unpaired) electrons. The minimum Gasteiger partial charge on any atom is -0.454 e. The molecule has 0 spiro atoms. The fourth-order valence-corrected chi connectivity index (χ4v) is 7.89. The van der Waals surface area contributed by atoms with E-state index in [0.717, 1.165) is 72.1 Å². The number of anilines is 3. The lowest BCUT2D eigenvalue weighted by Crippen LogP contribution is -2.11. The number of nitrogens with zero attached hydrogens (tertiary/aromatic N) is 2. The van der Waals surface area contributed by atoms with Crippen LogP contribution >= 0.6 is 0 Å². The molecule has 0 aliphatic carbocycles. The van der Waals surface area contributed by atoms with Crippen LogP contribution in [0.2, 0.25) is 0 Å². The second kappa shape index (κ2) is 9.50. The Kier molecular flexibility index (Phi) is 5.08. The number of rotatable bonds is 4. The summed E-state index contributed by atoms with van der Waals surface area (Å²) in [6, 6.07) is 55.8. The van der Waals surface area contributed by atoms with E-state index < -0.39 is 0 Å². The largest absolute Gasteiger partial charge is 0.454 e. The van der Waals surface area contributed by atoms with Crippen molar-refractivity contribution >= 4 is 93.5 Å². The maximum atomic E-state index is 6.68. The molecule has 0 saturated heterocycles. The highest BCUT2D eigenvalue weighted by atomic mass is 16.3. The quantitative estimate of drug-likeness (QED) is 0.185. The summed E-state index contributed by atoms with van der Waals surface area (Å²) in [6.45, 7) is 0. The zero-order valence-corrected chi connectivity index (χ0v) is 25.7. The first-order valence-corrected chi connectivity index (χ1v) is 16.3. The number of hydrogen-bond acceptors (Lipinski definition) is 3. The summed E-state index contributed by atoms with van der Waals surface area (Å²) in [7, 11) is 0. The molecule has 11 rings (SSSR count). The molecule has 3 aromatic heterocycles. The van der Waals surface area contributed by atoms with E-state index in [4.69, 9.17) is 8.83 Å². The molecule has 4 nitrogen and oxygen atoms in total. The maximum absolute atomic E-state index is 6.68. The highest BCUT2D eigenvalue weighted by molar-refractivity contribution is 6.25. The van der Waals surface area contributed by atoms with Gasteiger partial charge in [0.25, 0.3) is 0 Å². The molecule has 0 amide bonds. The second-order valence-electron chi connectivity index (χ2n) is 12.5. The number of benzene rings is 8. The van der Waals surface area contributed by atoms with Crippen LogP contribution in [0.15, 0.2) is 167 Å². The van der Waals surface area contributed by atoms with Gasteiger partial charge in [0.2, 0.25) is 0 Å². The molecule has 8 aromatic carbocycles. The van der Waals surface area contributed by atoms with Crippen LogP contribution in [0.25, 0.3) is 82.1 Å². The van der Waals surface area contributed by atoms with Crippen molar-refractivity contribution in [2.45, 2.75) is 0 Å². The van der Waals surface area contributed by atoms with Gasteiger partial charge in [-0.25, -0.2) is 0 Å². The van der Waals surface area contributed by atoms with E-state index in [1.807, 2.05) is 24.3 Å². The fourth-order valence-electron chi connectivity index (χ4n) is 7.89. The van der Waals surface area contributed by atoms with Crippen LogP contribution < -0.4 is 4.90 Å². The summed E-state index contributed by atoms with van der Waals surface area (Å²) >= 11 is 0. The molecule has 224 valence electrons. The van der Waals surface area contributed by atoms with Crippen LogP contribution in [0.3, 0.4) is 0 Å².